The number of nitrogens with two attached hydrogens (primary N) is 1. The van der Waals surface area contributed by atoms with Crippen LogP contribution in [0.2, 0.25) is 0 Å². The van der Waals surface area contributed by atoms with Crippen LogP contribution in [0.3, 0.4) is 0 Å². The second-order valence-electron chi connectivity index (χ2n) is 6.72. The average molecular weight is 309 g/mol. The van der Waals surface area contributed by atoms with Crippen LogP contribution in [-0.2, 0) is 0 Å². The predicted octanol–water partition coefficient (Wildman–Crippen LogP) is 3.81. The lowest BCUT2D eigenvalue weighted by Crippen LogP contribution is -2.44. The summed E-state index contributed by atoms with van der Waals surface area (Å²) in [4.78, 5) is 2.68. The summed E-state index contributed by atoms with van der Waals surface area (Å²) in [7, 11) is 0. The third kappa shape index (κ3) is 4.45. The van der Waals surface area contributed by atoms with Gasteiger partial charge in [0.1, 0.15) is 0 Å². The topological polar surface area (TPSA) is 29.3 Å². The summed E-state index contributed by atoms with van der Waals surface area (Å²) in [5.41, 5.74) is 7.83. The zero-order valence-corrected chi connectivity index (χ0v) is 13.7. The average Bonchev–Trinajstić information content (AvgIpc) is 2.51. The first-order valence-corrected chi connectivity index (χ1v) is 8.36. The van der Waals surface area contributed by atoms with E-state index >= 15 is 0 Å². The fraction of sp³-hybridized carbons (Fsp3) is 0.667. The highest BCUT2D eigenvalue weighted by Gasteiger charge is 2.27. The SMILES string of the molecule is Cl.N[C@H]1CCCC[C@@H]1CN1CCC[C@H](c2ccccc2)C1. The van der Waals surface area contributed by atoms with Crippen molar-refractivity contribution < 1.29 is 0 Å². The molecule has 1 aromatic rings. The van der Waals surface area contributed by atoms with E-state index in [0.717, 1.165) is 11.8 Å². The van der Waals surface area contributed by atoms with Crippen LogP contribution >= 0.6 is 12.4 Å². The molecule has 0 bridgehead atoms. The van der Waals surface area contributed by atoms with E-state index in [4.69, 9.17) is 5.73 Å². The molecule has 1 saturated heterocycles. The van der Waals surface area contributed by atoms with Gasteiger partial charge in [0.15, 0.2) is 0 Å². The van der Waals surface area contributed by atoms with Crippen LogP contribution in [0.5, 0.6) is 0 Å². The van der Waals surface area contributed by atoms with Crippen molar-refractivity contribution in [1.29, 1.82) is 0 Å². The molecular formula is C18H29ClN2. The minimum atomic E-state index is 0. The Balaban J connectivity index is 0.00000161. The van der Waals surface area contributed by atoms with Crippen LogP contribution in [0.1, 0.15) is 50.0 Å². The molecule has 3 heteroatoms. The minimum Gasteiger partial charge on any atom is -0.327 e. The molecule has 118 valence electrons. The number of piperidine rings is 1. The van der Waals surface area contributed by atoms with Gasteiger partial charge in [0, 0.05) is 19.1 Å². The van der Waals surface area contributed by atoms with Crippen molar-refractivity contribution in [3.05, 3.63) is 35.9 Å². The Morgan fingerprint density at radius 2 is 1.76 bits per heavy atom. The third-order valence-electron chi connectivity index (χ3n) is 5.24. The molecule has 1 saturated carbocycles. The van der Waals surface area contributed by atoms with E-state index in [1.54, 1.807) is 0 Å². The Labute approximate surface area is 135 Å². The van der Waals surface area contributed by atoms with E-state index < -0.39 is 0 Å². The Morgan fingerprint density at radius 3 is 2.52 bits per heavy atom. The fourth-order valence-electron chi connectivity index (χ4n) is 4.01. The minimum absolute atomic E-state index is 0. The third-order valence-corrected chi connectivity index (χ3v) is 5.24. The summed E-state index contributed by atoms with van der Waals surface area (Å²) in [6.45, 7) is 3.73. The molecule has 0 unspecified atom stereocenters. The lowest BCUT2D eigenvalue weighted by molar-refractivity contribution is 0.149. The molecule has 0 radical (unpaired) electrons. The summed E-state index contributed by atoms with van der Waals surface area (Å²) in [6.07, 6.45) is 7.98. The van der Waals surface area contributed by atoms with Gasteiger partial charge in [-0.05, 0) is 49.6 Å². The fourth-order valence-corrected chi connectivity index (χ4v) is 4.01. The molecule has 1 aromatic carbocycles. The Morgan fingerprint density at radius 1 is 1.00 bits per heavy atom. The maximum Gasteiger partial charge on any atom is 0.00793 e. The van der Waals surface area contributed by atoms with Gasteiger partial charge < -0.3 is 10.6 Å². The van der Waals surface area contributed by atoms with Gasteiger partial charge in [-0.1, -0.05) is 43.2 Å². The molecule has 0 amide bonds. The quantitative estimate of drug-likeness (QED) is 0.920. The maximum atomic E-state index is 6.32. The molecule has 2 fully saturated rings. The molecular weight excluding hydrogens is 280 g/mol. The number of rotatable bonds is 3. The highest BCUT2D eigenvalue weighted by molar-refractivity contribution is 5.85. The number of hydrogen-bond donors (Lipinski definition) is 1. The Bertz CT molecular complexity index is 409. The largest absolute Gasteiger partial charge is 0.327 e. The molecule has 3 rings (SSSR count). The Kier molecular flexibility index (Phi) is 6.53. The highest BCUT2D eigenvalue weighted by atomic mass is 35.5. The Hall–Kier alpha value is -0.570. The van der Waals surface area contributed by atoms with E-state index in [9.17, 15) is 0 Å². The van der Waals surface area contributed by atoms with Gasteiger partial charge in [0.05, 0.1) is 0 Å². The molecule has 0 aromatic heterocycles. The molecule has 2 nitrogen and oxygen atoms in total. The molecule has 1 aliphatic carbocycles. The summed E-state index contributed by atoms with van der Waals surface area (Å²) in [5, 5.41) is 0. The zero-order valence-electron chi connectivity index (χ0n) is 12.9. The van der Waals surface area contributed by atoms with E-state index in [2.05, 4.69) is 35.2 Å². The predicted molar refractivity (Wildman–Crippen MR) is 92.0 cm³/mol. The normalized spacial score (nSPS) is 30.6. The lowest BCUT2D eigenvalue weighted by atomic mass is 9.83. The molecule has 2 aliphatic rings. The van der Waals surface area contributed by atoms with Gasteiger partial charge in [-0.3, -0.25) is 0 Å². The number of benzene rings is 1. The molecule has 3 atom stereocenters. The van der Waals surface area contributed by atoms with Crippen LogP contribution in [0.25, 0.3) is 0 Å². The van der Waals surface area contributed by atoms with Crippen molar-refractivity contribution >= 4 is 12.4 Å². The summed E-state index contributed by atoms with van der Waals surface area (Å²) in [6, 6.07) is 11.5. The van der Waals surface area contributed by atoms with Crippen LogP contribution in [0, 0.1) is 5.92 Å². The monoisotopic (exact) mass is 308 g/mol. The molecule has 2 N–H and O–H groups in total. The summed E-state index contributed by atoms with van der Waals surface area (Å²) >= 11 is 0. The van der Waals surface area contributed by atoms with E-state index in [0.29, 0.717) is 6.04 Å². The van der Waals surface area contributed by atoms with Gasteiger partial charge in [-0.25, -0.2) is 0 Å². The molecule has 21 heavy (non-hydrogen) atoms. The van der Waals surface area contributed by atoms with Crippen LogP contribution in [0.4, 0.5) is 0 Å². The smallest absolute Gasteiger partial charge is 0.00793 e. The van der Waals surface area contributed by atoms with Gasteiger partial charge >= 0.3 is 0 Å². The van der Waals surface area contributed by atoms with Crippen LogP contribution < -0.4 is 5.73 Å². The number of halogens is 1. The first-order chi connectivity index (χ1) is 9.83. The van der Waals surface area contributed by atoms with E-state index in [1.807, 2.05) is 0 Å². The molecule has 1 heterocycles. The second kappa shape index (κ2) is 8.17. The van der Waals surface area contributed by atoms with Crippen molar-refractivity contribution in [1.82, 2.24) is 4.90 Å². The van der Waals surface area contributed by atoms with Gasteiger partial charge in [0.2, 0.25) is 0 Å². The number of nitrogens with zero attached hydrogens (tertiary/aromatic N) is 1. The highest BCUT2D eigenvalue weighted by Crippen LogP contribution is 2.29. The van der Waals surface area contributed by atoms with E-state index in [1.165, 1.54) is 63.7 Å². The maximum absolute atomic E-state index is 6.32. The zero-order chi connectivity index (χ0) is 13.8. The molecule has 0 spiro atoms. The number of likely N-dealkylation sites (tertiary alicyclic amines) is 1. The van der Waals surface area contributed by atoms with Crippen molar-refractivity contribution in [2.75, 3.05) is 19.6 Å². The van der Waals surface area contributed by atoms with Gasteiger partial charge in [-0.15, -0.1) is 12.4 Å². The first-order valence-electron chi connectivity index (χ1n) is 8.36. The van der Waals surface area contributed by atoms with Gasteiger partial charge in [0.25, 0.3) is 0 Å². The van der Waals surface area contributed by atoms with Crippen LogP contribution in [0.15, 0.2) is 30.3 Å². The van der Waals surface area contributed by atoms with Crippen molar-refractivity contribution in [3.8, 4) is 0 Å². The van der Waals surface area contributed by atoms with Crippen molar-refractivity contribution in [2.45, 2.75) is 50.5 Å². The van der Waals surface area contributed by atoms with Crippen molar-refractivity contribution in [3.63, 3.8) is 0 Å². The lowest BCUT2D eigenvalue weighted by Gasteiger charge is -2.38. The van der Waals surface area contributed by atoms with Crippen molar-refractivity contribution in [2.24, 2.45) is 11.7 Å². The van der Waals surface area contributed by atoms with Crippen LogP contribution in [-0.4, -0.2) is 30.6 Å². The standard InChI is InChI=1S/C18H28N2.ClH/c19-18-11-5-4-9-17(18)14-20-12-6-10-16(13-20)15-7-2-1-3-8-15;/h1-3,7-8,16-18H,4-6,9-14,19H2;1H/t16-,17+,18-;/m0./s1. The number of hydrogen-bond acceptors (Lipinski definition) is 2. The summed E-state index contributed by atoms with van der Waals surface area (Å²) < 4.78 is 0. The second-order valence-corrected chi connectivity index (χ2v) is 6.72. The molecule has 1 aliphatic heterocycles. The van der Waals surface area contributed by atoms with Gasteiger partial charge in [-0.2, -0.15) is 0 Å². The summed E-state index contributed by atoms with van der Waals surface area (Å²) in [5.74, 6) is 1.46. The van der Waals surface area contributed by atoms with E-state index in [-0.39, 0.29) is 12.4 Å². The first kappa shape index (κ1) is 16.8.